The molecule has 0 fully saturated rings. The highest BCUT2D eigenvalue weighted by molar-refractivity contribution is 6.30. The summed E-state index contributed by atoms with van der Waals surface area (Å²) in [6, 6.07) is 20.0. The fraction of sp³-hybridized carbons (Fsp3) is 0.156. The van der Waals surface area contributed by atoms with Crippen molar-refractivity contribution < 1.29 is 29.0 Å². The molecular formula is C32H26ClFN2O5. The average molecular weight is 573 g/mol. The second-order valence-corrected chi connectivity index (χ2v) is 10.3. The van der Waals surface area contributed by atoms with Crippen LogP contribution < -0.4 is 10.2 Å². The standard InChI is InChI=1S/C32H26ClFN2O5/c1-18-4-6-19(7-5-18)25-16-21(34)9-11-23(25)30(38)35-22-10-12-24(26(17-22)32(40)41)31(39)36-14-2-3-29(37)27-15-20(33)8-13-28(27)36/h4-13,15-17,29,37H,2-3,14H2,1H3,(H,35,38)(H,40,41). The number of carboxylic acids is 1. The van der Waals surface area contributed by atoms with Crippen molar-refractivity contribution >= 4 is 40.8 Å². The minimum absolute atomic E-state index is 0.0742. The third kappa shape index (κ3) is 5.84. The molecule has 0 saturated carbocycles. The van der Waals surface area contributed by atoms with Crippen molar-refractivity contribution in [1.82, 2.24) is 0 Å². The molecule has 208 valence electrons. The van der Waals surface area contributed by atoms with E-state index in [4.69, 9.17) is 11.6 Å². The first-order chi connectivity index (χ1) is 19.6. The third-order valence-electron chi connectivity index (χ3n) is 7.07. The summed E-state index contributed by atoms with van der Waals surface area (Å²) < 4.78 is 14.1. The highest BCUT2D eigenvalue weighted by Crippen LogP contribution is 2.36. The van der Waals surface area contributed by atoms with Crippen LogP contribution in [0.1, 0.15) is 61.1 Å². The van der Waals surface area contributed by atoms with Gasteiger partial charge in [-0.05, 0) is 85.5 Å². The molecule has 0 bridgehead atoms. The maximum Gasteiger partial charge on any atom is 0.336 e. The van der Waals surface area contributed by atoms with Gasteiger partial charge in [-0.25, -0.2) is 9.18 Å². The van der Waals surface area contributed by atoms with E-state index in [1.54, 1.807) is 30.3 Å². The Morgan fingerprint density at radius 1 is 0.927 bits per heavy atom. The number of aliphatic hydroxyl groups excluding tert-OH is 1. The van der Waals surface area contributed by atoms with Gasteiger partial charge in [-0.3, -0.25) is 9.59 Å². The SMILES string of the molecule is Cc1ccc(-c2cc(F)ccc2C(=O)Nc2ccc(C(=O)N3CCCC(O)c4cc(Cl)ccc43)c(C(=O)O)c2)cc1. The number of carbonyl (C=O) groups is 3. The van der Waals surface area contributed by atoms with E-state index < -0.39 is 29.7 Å². The predicted molar refractivity (Wildman–Crippen MR) is 155 cm³/mol. The Morgan fingerprint density at radius 2 is 1.66 bits per heavy atom. The van der Waals surface area contributed by atoms with Crippen LogP contribution in [0.25, 0.3) is 11.1 Å². The van der Waals surface area contributed by atoms with E-state index in [2.05, 4.69) is 5.32 Å². The number of benzene rings is 4. The second-order valence-electron chi connectivity index (χ2n) is 9.89. The van der Waals surface area contributed by atoms with Crippen LogP contribution in [0.15, 0.2) is 78.9 Å². The van der Waals surface area contributed by atoms with Gasteiger partial charge in [-0.1, -0.05) is 41.4 Å². The number of amides is 2. The lowest BCUT2D eigenvalue weighted by Crippen LogP contribution is -2.33. The third-order valence-corrected chi connectivity index (χ3v) is 7.31. The monoisotopic (exact) mass is 572 g/mol. The molecule has 0 saturated heterocycles. The molecule has 0 aliphatic carbocycles. The Kier molecular flexibility index (Phi) is 7.88. The molecule has 1 aliphatic rings. The van der Waals surface area contributed by atoms with E-state index in [1.165, 1.54) is 41.3 Å². The van der Waals surface area contributed by atoms with Crippen LogP contribution in [0.3, 0.4) is 0 Å². The van der Waals surface area contributed by atoms with Crippen molar-refractivity contribution in [3.8, 4) is 11.1 Å². The molecule has 0 radical (unpaired) electrons. The van der Waals surface area contributed by atoms with Crippen LogP contribution in [0.5, 0.6) is 0 Å². The molecule has 1 unspecified atom stereocenters. The zero-order valence-electron chi connectivity index (χ0n) is 22.0. The number of nitrogens with zero attached hydrogens (tertiary/aromatic N) is 1. The summed E-state index contributed by atoms with van der Waals surface area (Å²) in [5.41, 5.74) is 2.97. The molecule has 41 heavy (non-hydrogen) atoms. The lowest BCUT2D eigenvalue weighted by molar-refractivity contribution is 0.0691. The van der Waals surface area contributed by atoms with Gasteiger partial charge >= 0.3 is 5.97 Å². The lowest BCUT2D eigenvalue weighted by Gasteiger charge is -2.24. The lowest BCUT2D eigenvalue weighted by atomic mass is 9.98. The number of aryl methyl sites for hydroxylation is 1. The first-order valence-electron chi connectivity index (χ1n) is 13.0. The number of aromatic carboxylic acids is 1. The van der Waals surface area contributed by atoms with Crippen molar-refractivity contribution in [3.63, 3.8) is 0 Å². The topological polar surface area (TPSA) is 107 Å². The smallest absolute Gasteiger partial charge is 0.336 e. The molecule has 0 aromatic heterocycles. The normalized spacial score (nSPS) is 14.6. The van der Waals surface area contributed by atoms with Gasteiger partial charge in [-0.15, -0.1) is 0 Å². The minimum atomic E-state index is -1.35. The average Bonchev–Trinajstić information content (AvgIpc) is 3.11. The molecule has 1 aliphatic heterocycles. The van der Waals surface area contributed by atoms with E-state index in [0.29, 0.717) is 40.2 Å². The number of carbonyl (C=O) groups excluding carboxylic acids is 2. The van der Waals surface area contributed by atoms with Crippen LogP contribution >= 0.6 is 11.6 Å². The highest BCUT2D eigenvalue weighted by Gasteiger charge is 2.29. The Bertz CT molecular complexity index is 1670. The molecule has 4 aromatic rings. The number of halogens is 2. The fourth-order valence-electron chi connectivity index (χ4n) is 4.98. The molecule has 5 rings (SSSR count). The van der Waals surface area contributed by atoms with E-state index in [1.807, 2.05) is 19.1 Å². The number of carboxylic acid groups (broad SMARTS) is 1. The zero-order chi connectivity index (χ0) is 29.3. The quantitative estimate of drug-likeness (QED) is 0.242. The van der Waals surface area contributed by atoms with Crippen molar-refractivity contribution in [2.75, 3.05) is 16.8 Å². The number of anilines is 2. The van der Waals surface area contributed by atoms with Gasteiger partial charge < -0.3 is 20.4 Å². The Labute approximate surface area is 240 Å². The molecule has 9 heteroatoms. The highest BCUT2D eigenvalue weighted by atomic mass is 35.5. The molecule has 4 aromatic carbocycles. The molecule has 7 nitrogen and oxygen atoms in total. The first-order valence-corrected chi connectivity index (χ1v) is 13.3. The maximum atomic E-state index is 14.1. The van der Waals surface area contributed by atoms with E-state index in [9.17, 15) is 29.0 Å². The molecule has 1 heterocycles. The van der Waals surface area contributed by atoms with E-state index in [0.717, 1.165) is 5.56 Å². The van der Waals surface area contributed by atoms with Gasteiger partial charge in [0.05, 0.1) is 17.2 Å². The summed E-state index contributed by atoms with van der Waals surface area (Å²) >= 11 is 6.12. The maximum absolute atomic E-state index is 14.1. The Balaban J connectivity index is 1.46. The van der Waals surface area contributed by atoms with Crippen molar-refractivity contribution in [2.45, 2.75) is 25.9 Å². The Morgan fingerprint density at radius 3 is 2.39 bits per heavy atom. The van der Waals surface area contributed by atoms with E-state index in [-0.39, 0.29) is 28.9 Å². The number of hydrogen-bond donors (Lipinski definition) is 3. The van der Waals surface area contributed by atoms with E-state index >= 15 is 0 Å². The first kappa shape index (κ1) is 28.0. The molecule has 0 spiro atoms. The Hall–Kier alpha value is -4.53. The second kappa shape index (κ2) is 11.5. The van der Waals surface area contributed by atoms with Gasteiger partial charge in [0.2, 0.25) is 0 Å². The minimum Gasteiger partial charge on any atom is -0.478 e. The number of hydrogen-bond acceptors (Lipinski definition) is 4. The number of fused-ring (bicyclic) bond motifs is 1. The van der Waals surface area contributed by atoms with Gasteiger partial charge in [0.15, 0.2) is 0 Å². The number of rotatable bonds is 5. The summed E-state index contributed by atoms with van der Waals surface area (Å²) in [6.45, 7) is 2.19. The number of aliphatic hydroxyl groups is 1. The number of nitrogens with one attached hydrogen (secondary N) is 1. The van der Waals surface area contributed by atoms with Gasteiger partial charge in [0.25, 0.3) is 11.8 Å². The molecule has 3 N–H and O–H groups in total. The van der Waals surface area contributed by atoms with Crippen LogP contribution in [0, 0.1) is 12.7 Å². The van der Waals surface area contributed by atoms with Crippen LogP contribution in [-0.2, 0) is 0 Å². The summed E-state index contributed by atoms with van der Waals surface area (Å²) in [4.78, 5) is 40.6. The van der Waals surface area contributed by atoms with Gasteiger partial charge in [0, 0.05) is 34.1 Å². The summed E-state index contributed by atoms with van der Waals surface area (Å²) in [6.07, 6.45) is 0.104. The van der Waals surface area contributed by atoms with Crippen LogP contribution in [-0.4, -0.2) is 34.5 Å². The summed E-state index contributed by atoms with van der Waals surface area (Å²) in [7, 11) is 0. The van der Waals surface area contributed by atoms with Gasteiger partial charge in [0.1, 0.15) is 5.82 Å². The largest absolute Gasteiger partial charge is 0.478 e. The molecule has 2 amide bonds. The van der Waals surface area contributed by atoms with Crippen LogP contribution in [0.2, 0.25) is 5.02 Å². The van der Waals surface area contributed by atoms with Crippen molar-refractivity contribution in [1.29, 1.82) is 0 Å². The van der Waals surface area contributed by atoms with Crippen molar-refractivity contribution in [2.24, 2.45) is 0 Å². The fourth-order valence-corrected chi connectivity index (χ4v) is 5.16. The zero-order valence-corrected chi connectivity index (χ0v) is 22.8. The predicted octanol–water partition coefficient (Wildman–Crippen LogP) is 6.88. The summed E-state index contributed by atoms with van der Waals surface area (Å²) in [5.74, 6) is -2.97. The molecular weight excluding hydrogens is 547 g/mol. The summed E-state index contributed by atoms with van der Waals surface area (Å²) in [5, 5.41) is 23.6. The van der Waals surface area contributed by atoms with Gasteiger partial charge in [-0.2, -0.15) is 0 Å². The van der Waals surface area contributed by atoms with Crippen molar-refractivity contribution in [3.05, 3.63) is 118 Å². The van der Waals surface area contributed by atoms with Crippen LogP contribution in [0.4, 0.5) is 15.8 Å². The molecule has 1 atom stereocenters.